The van der Waals surface area contributed by atoms with E-state index in [1.165, 1.54) is 17.4 Å². The first kappa shape index (κ1) is 29.8. The van der Waals surface area contributed by atoms with Crippen LogP contribution in [0.25, 0.3) is 54.9 Å². The Morgan fingerprint density at radius 1 is 1.20 bits per heavy atom. The summed E-state index contributed by atoms with van der Waals surface area (Å²) in [4.78, 5) is 23.9. The van der Waals surface area contributed by atoms with Gasteiger partial charge in [0.1, 0.15) is 34.9 Å². The molecule has 0 saturated carbocycles. The zero-order valence-corrected chi connectivity index (χ0v) is 26.2. The van der Waals surface area contributed by atoms with Crippen molar-refractivity contribution in [1.29, 1.82) is 0 Å². The van der Waals surface area contributed by atoms with Gasteiger partial charge < -0.3 is 19.3 Å². The fourth-order valence-electron chi connectivity index (χ4n) is 6.02. The van der Waals surface area contributed by atoms with Crippen molar-refractivity contribution in [3.63, 3.8) is 0 Å². The Hall–Kier alpha value is -4.94. The lowest BCUT2D eigenvalue weighted by atomic mass is 9.96. The number of carbonyl (C=O) groups is 1. The van der Waals surface area contributed by atoms with Crippen molar-refractivity contribution in [2.24, 2.45) is 7.05 Å². The highest BCUT2D eigenvalue weighted by molar-refractivity contribution is 7.18. The van der Waals surface area contributed by atoms with E-state index < -0.39 is 17.7 Å². The maximum atomic E-state index is 16.1. The third kappa shape index (κ3) is 4.94. The summed E-state index contributed by atoms with van der Waals surface area (Å²) in [6.07, 6.45) is 2.32. The minimum absolute atomic E-state index is 0.0214. The van der Waals surface area contributed by atoms with Crippen LogP contribution in [0.4, 0.5) is 8.78 Å². The number of aromatic nitrogens is 5. The molecule has 4 aromatic heterocycles. The standard InChI is InChI=1S/C34H30F2N6O3S/c1-5-29(44)41-15-22-13-26(39-42(22)14-18(41)2)33-31(30-24(36)11-21(35)12-28(30)45-19(3)16-43)34-23(8-9-46-34)32(38-33)20-6-7-25-27(10-20)40(4)17-37-25/h5-13,17-19,43H,1,14-16H2,2-4H3/t18-,19-/m1/s1. The molecule has 0 bridgehead atoms. The molecule has 6 aromatic rings. The number of aliphatic hydroxyl groups is 1. The summed E-state index contributed by atoms with van der Waals surface area (Å²) < 4.78 is 41.1. The molecule has 2 aromatic carbocycles. The number of hydrogen-bond donors (Lipinski definition) is 1. The van der Waals surface area contributed by atoms with E-state index in [1.807, 2.05) is 58.9 Å². The van der Waals surface area contributed by atoms with Gasteiger partial charge in [0.25, 0.3) is 0 Å². The quantitative estimate of drug-likeness (QED) is 0.205. The number of thiophene rings is 1. The van der Waals surface area contributed by atoms with Gasteiger partial charge in [0, 0.05) is 46.4 Å². The Bertz CT molecular complexity index is 2170. The Labute approximate surface area is 267 Å². The average Bonchev–Trinajstić information content (AvgIpc) is 3.78. The highest BCUT2D eigenvalue weighted by atomic mass is 32.1. The Balaban J connectivity index is 1.52. The van der Waals surface area contributed by atoms with Crippen LogP contribution >= 0.6 is 11.3 Å². The van der Waals surface area contributed by atoms with E-state index in [0.717, 1.165) is 39.8 Å². The average molecular weight is 641 g/mol. The van der Waals surface area contributed by atoms with Gasteiger partial charge >= 0.3 is 0 Å². The Morgan fingerprint density at radius 3 is 2.80 bits per heavy atom. The molecule has 12 heteroatoms. The first-order chi connectivity index (χ1) is 22.2. The summed E-state index contributed by atoms with van der Waals surface area (Å²) in [6.45, 7) is 7.61. The maximum absolute atomic E-state index is 16.1. The highest BCUT2D eigenvalue weighted by Gasteiger charge is 2.31. The number of nitrogens with zero attached hydrogens (tertiary/aromatic N) is 6. The molecule has 0 radical (unpaired) electrons. The number of pyridine rings is 1. The van der Waals surface area contributed by atoms with Crippen molar-refractivity contribution in [3.8, 4) is 39.5 Å². The third-order valence-corrected chi connectivity index (χ3v) is 9.26. The number of ether oxygens (including phenoxy) is 1. The van der Waals surface area contributed by atoms with Crippen molar-refractivity contribution in [2.45, 2.75) is 39.1 Å². The van der Waals surface area contributed by atoms with E-state index in [2.05, 4.69) is 11.6 Å². The predicted molar refractivity (Wildman–Crippen MR) is 173 cm³/mol. The van der Waals surface area contributed by atoms with Crippen LogP contribution in [0.3, 0.4) is 0 Å². The molecular formula is C34H30F2N6O3S. The predicted octanol–water partition coefficient (Wildman–Crippen LogP) is 6.34. The van der Waals surface area contributed by atoms with Gasteiger partial charge in [-0.1, -0.05) is 12.6 Å². The molecule has 7 rings (SSSR count). The van der Waals surface area contributed by atoms with Crippen LogP contribution < -0.4 is 4.74 Å². The van der Waals surface area contributed by atoms with Gasteiger partial charge in [0.05, 0.1) is 54.0 Å². The number of fused-ring (bicyclic) bond motifs is 3. The minimum Gasteiger partial charge on any atom is -0.487 e. The summed E-state index contributed by atoms with van der Waals surface area (Å²) in [5, 5.41) is 17.3. The lowest BCUT2D eigenvalue weighted by Crippen LogP contribution is -2.44. The summed E-state index contributed by atoms with van der Waals surface area (Å²) in [6, 6.07) is 11.5. The van der Waals surface area contributed by atoms with Crippen LogP contribution in [0.5, 0.6) is 5.75 Å². The van der Waals surface area contributed by atoms with Gasteiger partial charge in [0.15, 0.2) is 0 Å². The van der Waals surface area contributed by atoms with E-state index in [0.29, 0.717) is 40.4 Å². The van der Waals surface area contributed by atoms with Gasteiger partial charge in [-0.3, -0.25) is 9.48 Å². The highest BCUT2D eigenvalue weighted by Crippen LogP contribution is 2.47. The smallest absolute Gasteiger partial charge is 0.246 e. The van der Waals surface area contributed by atoms with Crippen LogP contribution in [-0.2, 0) is 24.9 Å². The van der Waals surface area contributed by atoms with E-state index in [1.54, 1.807) is 18.2 Å². The van der Waals surface area contributed by atoms with Crippen LogP contribution in [0, 0.1) is 11.6 Å². The van der Waals surface area contributed by atoms with Crippen molar-refractivity contribution in [2.75, 3.05) is 6.61 Å². The number of carbonyl (C=O) groups excluding carboxylic acids is 1. The molecule has 5 heterocycles. The van der Waals surface area contributed by atoms with E-state index in [4.69, 9.17) is 14.8 Å². The number of amides is 1. The number of aryl methyl sites for hydroxylation is 1. The number of benzene rings is 2. The molecule has 0 unspecified atom stereocenters. The third-order valence-electron chi connectivity index (χ3n) is 8.33. The Kier molecular flexibility index (Phi) is 7.41. The largest absolute Gasteiger partial charge is 0.487 e. The van der Waals surface area contributed by atoms with Gasteiger partial charge in [0.2, 0.25) is 5.91 Å². The molecule has 1 amide bonds. The lowest BCUT2D eigenvalue weighted by Gasteiger charge is -2.33. The monoisotopic (exact) mass is 640 g/mol. The molecule has 9 nitrogen and oxygen atoms in total. The van der Waals surface area contributed by atoms with Crippen LogP contribution in [0.2, 0.25) is 0 Å². The first-order valence-corrected chi connectivity index (χ1v) is 15.6. The van der Waals surface area contributed by atoms with Crippen LogP contribution in [-0.4, -0.2) is 59.0 Å². The van der Waals surface area contributed by atoms with Crippen molar-refractivity contribution < 1.29 is 23.4 Å². The molecule has 1 aliphatic heterocycles. The minimum atomic E-state index is -0.831. The second-order valence-electron chi connectivity index (χ2n) is 11.5. The summed E-state index contributed by atoms with van der Waals surface area (Å²) in [5.74, 6) is -1.87. The second kappa shape index (κ2) is 11.5. The molecule has 1 aliphatic rings. The van der Waals surface area contributed by atoms with Crippen LogP contribution in [0.1, 0.15) is 19.5 Å². The summed E-state index contributed by atoms with van der Waals surface area (Å²) in [7, 11) is 1.92. The lowest BCUT2D eigenvalue weighted by molar-refractivity contribution is -0.129. The Morgan fingerprint density at radius 2 is 2.02 bits per heavy atom. The molecule has 1 N–H and O–H groups in total. The molecule has 46 heavy (non-hydrogen) atoms. The normalized spacial score (nSPS) is 15.3. The summed E-state index contributed by atoms with van der Waals surface area (Å²) in [5.41, 5.74) is 5.30. The molecule has 2 atom stereocenters. The van der Waals surface area contributed by atoms with Gasteiger partial charge in [-0.25, -0.2) is 18.7 Å². The van der Waals surface area contributed by atoms with E-state index in [-0.39, 0.29) is 29.9 Å². The van der Waals surface area contributed by atoms with Crippen molar-refractivity contribution in [3.05, 3.63) is 84.2 Å². The molecule has 234 valence electrons. The van der Waals surface area contributed by atoms with Gasteiger partial charge in [-0.15, -0.1) is 11.3 Å². The van der Waals surface area contributed by atoms with Gasteiger partial charge in [-0.2, -0.15) is 5.10 Å². The number of hydrogen-bond acceptors (Lipinski definition) is 7. The summed E-state index contributed by atoms with van der Waals surface area (Å²) >= 11 is 1.40. The SMILES string of the molecule is C=CC(=O)N1Cc2cc(-c3nc(-c4ccc5ncn(C)c5c4)c4ccsc4c3-c3c(F)cc(F)cc3O[C@H](C)CO)nn2C[C@H]1C. The zero-order valence-electron chi connectivity index (χ0n) is 25.4. The van der Waals surface area contributed by atoms with E-state index in [9.17, 15) is 14.3 Å². The molecule has 0 fully saturated rings. The molecule has 0 spiro atoms. The molecule has 0 saturated heterocycles. The number of aliphatic hydroxyl groups excluding tert-OH is 1. The first-order valence-electron chi connectivity index (χ1n) is 14.8. The topological polar surface area (TPSA) is 98.3 Å². The van der Waals surface area contributed by atoms with Gasteiger partial charge in [-0.05, 0) is 49.6 Å². The van der Waals surface area contributed by atoms with Crippen LogP contribution in [0.15, 0.2) is 66.8 Å². The fraction of sp³-hybridized carbons (Fsp3) is 0.235. The number of halogens is 2. The molecule has 0 aliphatic carbocycles. The number of rotatable bonds is 7. The molecular weight excluding hydrogens is 610 g/mol. The van der Waals surface area contributed by atoms with Crippen molar-refractivity contribution >= 4 is 38.4 Å². The zero-order chi connectivity index (χ0) is 32.3. The number of imidazole rings is 1. The second-order valence-corrected chi connectivity index (χ2v) is 12.4. The van der Waals surface area contributed by atoms with E-state index >= 15 is 4.39 Å². The fourth-order valence-corrected chi connectivity index (χ4v) is 6.97. The maximum Gasteiger partial charge on any atom is 0.246 e. The van der Waals surface area contributed by atoms with Crippen molar-refractivity contribution in [1.82, 2.24) is 29.2 Å².